The molecule has 0 saturated carbocycles. The Bertz CT molecular complexity index is 1160. The molecule has 1 amide bonds. The number of anilines is 2. The van der Waals surface area contributed by atoms with E-state index in [4.69, 9.17) is 5.73 Å². The van der Waals surface area contributed by atoms with Crippen molar-refractivity contribution < 1.29 is 4.79 Å². The lowest BCUT2D eigenvalue weighted by Crippen LogP contribution is -2.12. The molecule has 0 spiro atoms. The van der Waals surface area contributed by atoms with Crippen molar-refractivity contribution in [3.05, 3.63) is 68.7 Å². The van der Waals surface area contributed by atoms with Crippen LogP contribution in [-0.4, -0.2) is 15.9 Å². The molecule has 3 heterocycles. The number of nitrogens with one attached hydrogen (secondary N) is 1. The smallest absolute Gasteiger partial charge is 0.267 e. The monoisotopic (exact) mass is 502 g/mol. The number of rotatable bonds is 3. The molecule has 134 valence electrons. The molecule has 3 aromatic heterocycles. The number of nitrogens with two attached hydrogens (primary N) is 1. The van der Waals surface area contributed by atoms with Gasteiger partial charge in [0.2, 0.25) is 0 Å². The average molecular weight is 504 g/mol. The molecule has 0 radical (unpaired) electrons. The lowest BCUT2D eigenvalue weighted by Gasteiger charge is -2.07. The number of halogens is 2. The third-order valence-corrected chi connectivity index (χ3v) is 6.22. The summed E-state index contributed by atoms with van der Waals surface area (Å²) < 4.78 is 1.70. The molecule has 4 aromatic rings. The number of aromatic nitrogens is 2. The predicted molar refractivity (Wildman–Crippen MR) is 117 cm³/mol. The van der Waals surface area contributed by atoms with Gasteiger partial charge in [-0.2, -0.15) is 0 Å². The van der Waals surface area contributed by atoms with Crippen LogP contribution in [0.1, 0.15) is 9.67 Å². The Morgan fingerprint density at radius 2 is 1.85 bits per heavy atom. The van der Waals surface area contributed by atoms with E-state index in [1.165, 1.54) is 11.3 Å². The van der Waals surface area contributed by atoms with Gasteiger partial charge < -0.3 is 11.1 Å². The van der Waals surface area contributed by atoms with E-state index in [2.05, 4.69) is 47.1 Å². The summed E-state index contributed by atoms with van der Waals surface area (Å²) in [5, 5.41) is 3.67. The first-order chi connectivity index (χ1) is 13.0. The molecule has 27 heavy (non-hydrogen) atoms. The van der Waals surface area contributed by atoms with Gasteiger partial charge in [0.05, 0.1) is 17.1 Å². The summed E-state index contributed by atoms with van der Waals surface area (Å²) >= 11 is 8.12. The van der Waals surface area contributed by atoms with Gasteiger partial charge in [0, 0.05) is 32.3 Å². The third-order valence-electron chi connectivity index (χ3n) is 3.96. The Morgan fingerprint density at radius 1 is 1.07 bits per heavy atom. The first-order valence-corrected chi connectivity index (χ1v) is 10.3. The molecule has 4 rings (SSSR count). The summed E-state index contributed by atoms with van der Waals surface area (Å²) in [4.78, 5) is 22.6. The SMILES string of the molecule is Nc1c(C(=O)Nc2ccc(Br)cc2Br)sc2nc(-c3ccncc3)ccc12. The van der Waals surface area contributed by atoms with Crippen molar-refractivity contribution in [3.8, 4) is 11.3 Å². The minimum Gasteiger partial charge on any atom is -0.397 e. The Morgan fingerprint density at radius 3 is 2.59 bits per heavy atom. The second-order valence-corrected chi connectivity index (χ2v) is 8.48. The number of fused-ring (bicyclic) bond motifs is 1. The molecular formula is C19H12Br2N4OS. The van der Waals surface area contributed by atoms with Gasteiger partial charge in [-0.1, -0.05) is 15.9 Å². The highest BCUT2D eigenvalue weighted by Crippen LogP contribution is 2.35. The molecule has 0 fully saturated rings. The minimum atomic E-state index is -0.260. The fourth-order valence-electron chi connectivity index (χ4n) is 2.62. The molecule has 0 bridgehead atoms. The fraction of sp³-hybridized carbons (Fsp3) is 0. The molecule has 1 aromatic carbocycles. The summed E-state index contributed by atoms with van der Waals surface area (Å²) in [5.41, 5.74) is 9.11. The van der Waals surface area contributed by atoms with Crippen LogP contribution in [0.25, 0.3) is 21.5 Å². The summed E-state index contributed by atoms with van der Waals surface area (Å²) in [6.07, 6.45) is 3.44. The van der Waals surface area contributed by atoms with Gasteiger partial charge in [-0.15, -0.1) is 11.3 Å². The van der Waals surface area contributed by atoms with Crippen LogP contribution in [0.2, 0.25) is 0 Å². The normalized spacial score (nSPS) is 10.9. The minimum absolute atomic E-state index is 0.260. The van der Waals surface area contributed by atoms with Crippen LogP contribution in [0.4, 0.5) is 11.4 Å². The Hall–Kier alpha value is -2.29. The van der Waals surface area contributed by atoms with Crippen molar-refractivity contribution in [2.45, 2.75) is 0 Å². The van der Waals surface area contributed by atoms with E-state index in [-0.39, 0.29) is 5.91 Å². The van der Waals surface area contributed by atoms with Crippen LogP contribution in [0.3, 0.4) is 0 Å². The zero-order valence-electron chi connectivity index (χ0n) is 13.7. The van der Waals surface area contributed by atoms with Gasteiger partial charge in [-0.3, -0.25) is 9.78 Å². The molecule has 0 aliphatic carbocycles. The standard InChI is InChI=1S/C19H12Br2N4OS/c20-11-1-3-15(13(21)9-11)24-18(26)17-16(22)12-2-4-14(25-19(12)27-17)10-5-7-23-8-6-10/h1-9H,22H2,(H,24,26). The Labute approximate surface area is 175 Å². The van der Waals surface area contributed by atoms with Crippen LogP contribution in [0.5, 0.6) is 0 Å². The van der Waals surface area contributed by atoms with Gasteiger partial charge in [-0.25, -0.2) is 4.98 Å². The molecule has 0 aliphatic heterocycles. The molecule has 3 N–H and O–H groups in total. The average Bonchev–Trinajstić information content (AvgIpc) is 3.01. The second kappa shape index (κ2) is 7.38. The van der Waals surface area contributed by atoms with Gasteiger partial charge in [-0.05, 0) is 58.4 Å². The van der Waals surface area contributed by atoms with Gasteiger partial charge in [0.1, 0.15) is 9.71 Å². The molecule has 5 nitrogen and oxygen atoms in total. The lowest BCUT2D eigenvalue weighted by molar-refractivity contribution is 0.103. The highest BCUT2D eigenvalue weighted by Gasteiger charge is 2.18. The number of hydrogen-bond donors (Lipinski definition) is 2. The molecular weight excluding hydrogens is 492 g/mol. The molecule has 0 saturated heterocycles. The van der Waals surface area contributed by atoms with E-state index in [9.17, 15) is 4.79 Å². The van der Waals surface area contributed by atoms with Gasteiger partial charge in [0.25, 0.3) is 5.91 Å². The van der Waals surface area contributed by atoms with Crippen LogP contribution >= 0.6 is 43.2 Å². The van der Waals surface area contributed by atoms with E-state index in [0.717, 1.165) is 30.4 Å². The van der Waals surface area contributed by atoms with Crippen LogP contribution in [-0.2, 0) is 0 Å². The zero-order valence-corrected chi connectivity index (χ0v) is 17.7. The van der Waals surface area contributed by atoms with E-state index >= 15 is 0 Å². The van der Waals surface area contributed by atoms with Crippen molar-refractivity contribution in [2.24, 2.45) is 0 Å². The molecule has 0 aliphatic rings. The van der Waals surface area contributed by atoms with E-state index in [1.807, 2.05) is 42.5 Å². The maximum absolute atomic E-state index is 12.7. The predicted octanol–water partition coefficient (Wildman–Crippen LogP) is 5.72. The number of carbonyl (C=O) groups is 1. The van der Waals surface area contributed by atoms with Gasteiger partial charge >= 0.3 is 0 Å². The van der Waals surface area contributed by atoms with E-state index < -0.39 is 0 Å². The van der Waals surface area contributed by atoms with E-state index in [0.29, 0.717) is 16.3 Å². The lowest BCUT2D eigenvalue weighted by atomic mass is 10.1. The second-order valence-electron chi connectivity index (χ2n) is 5.71. The summed E-state index contributed by atoms with van der Waals surface area (Å²) in [7, 11) is 0. The quantitative estimate of drug-likeness (QED) is 0.374. The molecule has 0 atom stereocenters. The number of benzene rings is 1. The van der Waals surface area contributed by atoms with Crippen molar-refractivity contribution in [3.63, 3.8) is 0 Å². The fourth-order valence-corrected chi connectivity index (χ4v) is 4.75. The maximum Gasteiger partial charge on any atom is 0.267 e. The number of amides is 1. The van der Waals surface area contributed by atoms with Crippen LogP contribution < -0.4 is 11.1 Å². The van der Waals surface area contributed by atoms with E-state index in [1.54, 1.807) is 12.4 Å². The van der Waals surface area contributed by atoms with Crippen molar-refractivity contribution >= 4 is 70.7 Å². The number of nitrogens with zero attached hydrogens (tertiary/aromatic N) is 2. The number of nitrogen functional groups attached to an aromatic ring is 1. The highest BCUT2D eigenvalue weighted by molar-refractivity contribution is 9.11. The van der Waals surface area contributed by atoms with Crippen LogP contribution in [0.15, 0.2) is 63.8 Å². The zero-order chi connectivity index (χ0) is 19.0. The van der Waals surface area contributed by atoms with Gasteiger partial charge in [0.15, 0.2) is 0 Å². The summed E-state index contributed by atoms with van der Waals surface area (Å²) in [6.45, 7) is 0. The highest BCUT2D eigenvalue weighted by atomic mass is 79.9. The van der Waals surface area contributed by atoms with Crippen molar-refractivity contribution in [1.82, 2.24) is 9.97 Å². The number of pyridine rings is 2. The van der Waals surface area contributed by atoms with Crippen LogP contribution in [0, 0.1) is 0 Å². The number of hydrogen-bond acceptors (Lipinski definition) is 5. The summed E-state index contributed by atoms with van der Waals surface area (Å²) in [5.74, 6) is -0.260. The number of thiophene rings is 1. The summed E-state index contributed by atoms with van der Waals surface area (Å²) in [6, 6.07) is 13.1. The Kier molecular flexibility index (Phi) is 4.94. The molecule has 8 heteroatoms. The molecule has 0 unspecified atom stereocenters. The topological polar surface area (TPSA) is 80.9 Å². The first kappa shape index (κ1) is 18.1. The first-order valence-electron chi connectivity index (χ1n) is 7.89. The maximum atomic E-state index is 12.7. The van der Waals surface area contributed by atoms with Crippen molar-refractivity contribution in [2.75, 3.05) is 11.1 Å². The number of carbonyl (C=O) groups excluding carboxylic acids is 1. The Balaban J connectivity index is 1.69. The largest absolute Gasteiger partial charge is 0.397 e. The third kappa shape index (κ3) is 3.60. The van der Waals surface area contributed by atoms with Crippen molar-refractivity contribution in [1.29, 1.82) is 0 Å².